The molecule has 1 saturated heterocycles. The predicted octanol–water partition coefficient (Wildman–Crippen LogP) is 5.47. The number of halogens is 3. The maximum atomic E-state index is 13.9. The Morgan fingerprint density at radius 3 is 2.65 bits per heavy atom. The van der Waals surface area contributed by atoms with Crippen LogP contribution in [-0.2, 0) is 16.0 Å². The van der Waals surface area contributed by atoms with E-state index < -0.39 is 30.2 Å². The van der Waals surface area contributed by atoms with Crippen LogP contribution in [-0.4, -0.2) is 60.0 Å². The van der Waals surface area contributed by atoms with Crippen LogP contribution in [0.3, 0.4) is 0 Å². The van der Waals surface area contributed by atoms with Gasteiger partial charge in [-0.3, -0.25) is 10.1 Å². The summed E-state index contributed by atoms with van der Waals surface area (Å²) in [5.74, 6) is -0.170. The highest BCUT2D eigenvalue weighted by Gasteiger charge is 2.43. The van der Waals surface area contributed by atoms with Crippen molar-refractivity contribution in [1.29, 1.82) is 0 Å². The molecule has 3 rings (SSSR count). The Balaban J connectivity index is 1.50. The van der Waals surface area contributed by atoms with Crippen LogP contribution in [0.1, 0.15) is 64.4 Å². The number of methoxy groups -OCH3 is 1. The van der Waals surface area contributed by atoms with Crippen LogP contribution in [0, 0.1) is 5.92 Å². The summed E-state index contributed by atoms with van der Waals surface area (Å²) >= 11 is 0. The lowest BCUT2D eigenvalue weighted by Gasteiger charge is -2.33. The molecule has 204 valence electrons. The van der Waals surface area contributed by atoms with Crippen LogP contribution in [0.4, 0.5) is 13.2 Å². The molecule has 0 saturated carbocycles. The van der Waals surface area contributed by atoms with Gasteiger partial charge in [0.05, 0.1) is 19.2 Å². The quantitative estimate of drug-likeness (QED) is 0.280. The zero-order chi connectivity index (χ0) is 27.0. The number of unbranched alkanes of at least 4 members (excludes halogenated alkanes) is 3. The molecular formula is C28H38F3N3O3. The highest BCUT2D eigenvalue weighted by molar-refractivity contribution is 5.87. The molecule has 1 aromatic carbocycles. The minimum atomic E-state index is -4.46. The minimum Gasteiger partial charge on any atom is -0.481 e. The summed E-state index contributed by atoms with van der Waals surface area (Å²) < 4.78 is 46.9. The molecule has 1 amide bonds. The molecular weight excluding hydrogens is 483 g/mol. The Hall–Kier alpha value is -2.68. The molecule has 1 aliphatic heterocycles. The van der Waals surface area contributed by atoms with Gasteiger partial charge in [-0.15, -0.1) is 0 Å². The Bertz CT molecular complexity index is 1040. The van der Waals surface area contributed by atoms with Gasteiger partial charge in [-0.2, -0.15) is 13.2 Å². The van der Waals surface area contributed by atoms with Gasteiger partial charge in [0.1, 0.15) is 12.3 Å². The van der Waals surface area contributed by atoms with E-state index in [9.17, 15) is 22.8 Å². The monoisotopic (exact) mass is 521 g/mol. The van der Waals surface area contributed by atoms with E-state index in [2.05, 4.69) is 22.4 Å². The number of alkyl halides is 3. The Kier molecular flexibility index (Phi) is 10.3. The number of likely N-dealkylation sites (tertiary alicyclic amines) is 1. The van der Waals surface area contributed by atoms with E-state index in [1.165, 1.54) is 4.90 Å². The van der Waals surface area contributed by atoms with Crippen LogP contribution < -0.4 is 10.1 Å². The molecule has 2 aromatic rings. The van der Waals surface area contributed by atoms with E-state index in [0.29, 0.717) is 38.1 Å². The van der Waals surface area contributed by atoms with Gasteiger partial charge in [0, 0.05) is 18.1 Å². The van der Waals surface area contributed by atoms with Gasteiger partial charge < -0.3 is 14.4 Å². The largest absolute Gasteiger partial charge is 0.481 e. The fourth-order valence-electron chi connectivity index (χ4n) is 5.03. The van der Waals surface area contributed by atoms with Crippen molar-refractivity contribution < 1.29 is 27.5 Å². The lowest BCUT2D eigenvalue weighted by Crippen LogP contribution is -2.57. The zero-order valence-electron chi connectivity index (χ0n) is 21.9. The van der Waals surface area contributed by atoms with Gasteiger partial charge in [0.25, 0.3) is 0 Å². The van der Waals surface area contributed by atoms with Gasteiger partial charge in [-0.05, 0) is 61.1 Å². The van der Waals surface area contributed by atoms with E-state index >= 15 is 0 Å². The van der Waals surface area contributed by atoms with Crippen LogP contribution >= 0.6 is 0 Å². The van der Waals surface area contributed by atoms with Crippen molar-refractivity contribution in [3.63, 3.8) is 0 Å². The van der Waals surface area contributed by atoms with Crippen molar-refractivity contribution in [2.45, 2.75) is 89.5 Å². The van der Waals surface area contributed by atoms with Crippen LogP contribution in [0.15, 0.2) is 30.5 Å². The number of hydrogen-bond donors (Lipinski definition) is 1. The van der Waals surface area contributed by atoms with Crippen molar-refractivity contribution in [3.05, 3.63) is 36.0 Å². The average molecular weight is 522 g/mol. The number of nitrogens with one attached hydrogen (secondary N) is 1. The number of hydrogen-bond acceptors (Lipinski definition) is 5. The first-order valence-corrected chi connectivity index (χ1v) is 13.2. The molecule has 37 heavy (non-hydrogen) atoms. The van der Waals surface area contributed by atoms with Crippen molar-refractivity contribution >= 4 is 23.0 Å². The third kappa shape index (κ3) is 7.66. The summed E-state index contributed by atoms with van der Waals surface area (Å²) in [5.41, 5.74) is 1.14. The number of aldehydes is 1. The first kappa shape index (κ1) is 28.9. The Morgan fingerprint density at radius 2 is 1.97 bits per heavy atom. The second kappa shape index (κ2) is 13.2. The number of nitrogens with zero attached hydrogens (tertiary/aromatic N) is 2. The molecule has 3 atom stereocenters. The predicted molar refractivity (Wildman–Crippen MR) is 137 cm³/mol. The molecule has 1 N–H and O–H groups in total. The lowest BCUT2D eigenvalue weighted by molar-refractivity contribution is -0.163. The molecule has 0 aliphatic carbocycles. The van der Waals surface area contributed by atoms with Crippen molar-refractivity contribution in [2.24, 2.45) is 5.92 Å². The molecule has 1 unspecified atom stereocenters. The number of carbonyl (C=O) groups is 2. The Morgan fingerprint density at radius 1 is 1.22 bits per heavy atom. The SMILES string of the molecule is COc1nccc2ccc(CCCCCCC(N[C@H](C(=O)N3CCC[C@H]3C=O)C(C)C)C(F)(F)F)cc12. The number of pyridine rings is 1. The molecule has 6 nitrogen and oxygen atoms in total. The van der Waals surface area contributed by atoms with Crippen LogP contribution in [0.25, 0.3) is 10.8 Å². The summed E-state index contributed by atoms with van der Waals surface area (Å²) in [6.07, 6.45) is 2.72. The van der Waals surface area contributed by atoms with Gasteiger partial charge >= 0.3 is 6.18 Å². The third-order valence-electron chi connectivity index (χ3n) is 7.14. The molecule has 2 heterocycles. The summed E-state index contributed by atoms with van der Waals surface area (Å²) in [6, 6.07) is 4.79. The number of aromatic nitrogens is 1. The second-order valence-electron chi connectivity index (χ2n) is 10.2. The Labute approximate surface area is 217 Å². The van der Waals surface area contributed by atoms with Gasteiger partial charge in [0.2, 0.25) is 11.8 Å². The molecule has 0 spiro atoms. The fraction of sp³-hybridized carbons (Fsp3) is 0.607. The first-order valence-electron chi connectivity index (χ1n) is 13.2. The number of aryl methyl sites for hydroxylation is 1. The van der Waals surface area contributed by atoms with Crippen molar-refractivity contribution in [2.75, 3.05) is 13.7 Å². The van der Waals surface area contributed by atoms with Crippen molar-refractivity contribution in [1.82, 2.24) is 15.2 Å². The number of amides is 1. The van der Waals surface area contributed by atoms with Gasteiger partial charge in [-0.25, -0.2) is 4.98 Å². The van der Waals surface area contributed by atoms with Crippen LogP contribution in [0.5, 0.6) is 5.88 Å². The summed E-state index contributed by atoms with van der Waals surface area (Å²) in [4.78, 5) is 30.0. The standard InChI is InChI=1S/C28H38F3N3O3/c1-19(2)25(27(36)34-16-8-10-22(34)18-35)33-24(28(29,30)31)11-7-5-4-6-9-20-12-13-21-14-15-32-26(37-3)23(21)17-20/h12-15,17-19,22,24-25,33H,4-11,16H2,1-3H3/t22-,24?,25-/m0/s1. The molecule has 1 aliphatic rings. The smallest absolute Gasteiger partial charge is 0.403 e. The number of ether oxygens (including phenoxy) is 1. The number of rotatable bonds is 13. The maximum Gasteiger partial charge on any atom is 0.403 e. The van der Waals surface area contributed by atoms with E-state index in [4.69, 9.17) is 4.74 Å². The highest BCUT2D eigenvalue weighted by Crippen LogP contribution is 2.28. The number of carbonyl (C=O) groups excluding carboxylic acids is 2. The summed E-state index contributed by atoms with van der Waals surface area (Å²) in [6.45, 7) is 3.87. The number of benzene rings is 1. The highest BCUT2D eigenvalue weighted by atomic mass is 19.4. The topological polar surface area (TPSA) is 71.5 Å². The lowest BCUT2D eigenvalue weighted by atomic mass is 9.98. The minimum absolute atomic E-state index is 0.0873. The van der Waals surface area contributed by atoms with E-state index in [1.54, 1.807) is 27.2 Å². The van der Waals surface area contributed by atoms with Crippen molar-refractivity contribution in [3.8, 4) is 5.88 Å². The maximum absolute atomic E-state index is 13.9. The van der Waals surface area contributed by atoms with Gasteiger partial charge in [0.15, 0.2) is 0 Å². The average Bonchev–Trinajstić information content (AvgIpc) is 3.35. The normalized spacial score (nSPS) is 17.8. The van der Waals surface area contributed by atoms with E-state index in [-0.39, 0.29) is 12.3 Å². The fourth-order valence-corrected chi connectivity index (χ4v) is 5.03. The van der Waals surface area contributed by atoms with E-state index in [0.717, 1.165) is 41.9 Å². The molecule has 0 bridgehead atoms. The summed E-state index contributed by atoms with van der Waals surface area (Å²) in [7, 11) is 1.59. The third-order valence-corrected chi connectivity index (χ3v) is 7.14. The van der Waals surface area contributed by atoms with Crippen LogP contribution in [0.2, 0.25) is 0 Å². The first-order chi connectivity index (χ1) is 17.7. The number of fused-ring (bicyclic) bond motifs is 1. The molecule has 1 aromatic heterocycles. The molecule has 0 radical (unpaired) electrons. The summed E-state index contributed by atoms with van der Waals surface area (Å²) in [5, 5.41) is 4.60. The molecule has 9 heteroatoms. The molecule has 1 fully saturated rings. The van der Waals surface area contributed by atoms with E-state index in [1.807, 2.05) is 12.1 Å². The zero-order valence-corrected chi connectivity index (χ0v) is 21.9. The second-order valence-corrected chi connectivity index (χ2v) is 10.2. The van der Waals surface area contributed by atoms with Gasteiger partial charge in [-0.1, -0.05) is 45.2 Å².